The molecule has 1 unspecified atom stereocenters. The van der Waals surface area contributed by atoms with Crippen LogP contribution < -0.4 is 5.32 Å². The highest BCUT2D eigenvalue weighted by Gasteiger charge is 2.30. The highest BCUT2D eigenvalue weighted by atomic mass is 79.9. The first-order valence-corrected chi connectivity index (χ1v) is 8.37. The van der Waals surface area contributed by atoms with E-state index < -0.39 is 0 Å². The number of benzene rings is 1. The van der Waals surface area contributed by atoms with Gasteiger partial charge in [0.05, 0.1) is 17.3 Å². The van der Waals surface area contributed by atoms with Crippen LogP contribution in [-0.2, 0) is 0 Å². The Morgan fingerprint density at radius 1 is 1.35 bits per heavy atom. The van der Waals surface area contributed by atoms with Gasteiger partial charge in [-0.05, 0) is 59.8 Å². The highest BCUT2D eigenvalue weighted by molar-refractivity contribution is 9.10. The second kappa shape index (κ2) is 6.23. The first-order chi connectivity index (χ1) is 9.79. The summed E-state index contributed by atoms with van der Waals surface area (Å²) in [7, 11) is 0. The van der Waals surface area contributed by atoms with Crippen molar-refractivity contribution in [1.29, 1.82) is 0 Å². The third-order valence-electron chi connectivity index (χ3n) is 4.23. The average molecular weight is 333 g/mol. The molecule has 0 bridgehead atoms. The summed E-state index contributed by atoms with van der Waals surface area (Å²) in [4.78, 5) is 4.92. The Balaban J connectivity index is 1.98. The number of hydrogen-bond donors (Lipinski definition) is 1. The van der Waals surface area contributed by atoms with Crippen molar-refractivity contribution in [3.63, 3.8) is 0 Å². The van der Waals surface area contributed by atoms with Gasteiger partial charge in [-0.15, -0.1) is 0 Å². The van der Waals surface area contributed by atoms with Crippen molar-refractivity contribution < 1.29 is 0 Å². The second-order valence-electron chi connectivity index (χ2n) is 5.67. The van der Waals surface area contributed by atoms with Gasteiger partial charge in [0, 0.05) is 9.86 Å². The lowest BCUT2D eigenvalue weighted by Crippen LogP contribution is -2.33. The zero-order chi connectivity index (χ0) is 13.9. The lowest BCUT2D eigenvalue weighted by atomic mass is 9.78. The number of rotatable bonds is 5. The molecule has 0 saturated heterocycles. The quantitative estimate of drug-likeness (QED) is 0.847. The minimum absolute atomic E-state index is 0.391. The van der Waals surface area contributed by atoms with Crippen LogP contribution in [0.25, 0.3) is 10.9 Å². The Bertz CT molecular complexity index is 593. The summed E-state index contributed by atoms with van der Waals surface area (Å²) >= 11 is 3.73. The van der Waals surface area contributed by atoms with E-state index in [0.29, 0.717) is 6.04 Å². The van der Waals surface area contributed by atoms with E-state index in [0.717, 1.165) is 28.9 Å². The molecule has 3 rings (SSSR count). The predicted molar refractivity (Wildman–Crippen MR) is 87.8 cm³/mol. The molecule has 1 aromatic heterocycles. The summed E-state index contributed by atoms with van der Waals surface area (Å²) in [5.74, 6) is 0.742. The van der Waals surface area contributed by atoms with E-state index in [-0.39, 0.29) is 0 Å². The molecule has 2 aromatic rings. The van der Waals surface area contributed by atoms with Crippen LogP contribution in [-0.4, -0.2) is 11.5 Å². The molecule has 1 atom stereocenters. The van der Waals surface area contributed by atoms with Crippen molar-refractivity contribution in [2.75, 3.05) is 6.54 Å². The Labute approximate surface area is 129 Å². The van der Waals surface area contributed by atoms with Gasteiger partial charge in [-0.3, -0.25) is 0 Å². The number of pyridine rings is 1. The first kappa shape index (κ1) is 14.0. The summed E-state index contributed by atoms with van der Waals surface area (Å²) in [6, 6.07) is 10.9. The molecule has 1 fully saturated rings. The molecule has 0 aliphatic heterocycles. The van der Waals surface area contributed by atoms with E-state index in [1.54, 1.807) is 0 Å². The van der Waals surface area contributed by atoms with Crippen molar-refractivity contribution >= 4 is 26.8 Å². The van der Waals surface area contributed by atoms with E-state index in [4.69, 9.17) is 4.98 Å². The molecule has 1 heterocycles. The first-order valence-electron chi connectivity index (χ1n) is 7.58. The summed E-state index contributed by atoms with van der Waals surface area (Å²) in [6.07, 6.45) is 5.17. The topological polar surface area (TPSA) is 24.9 Å². The number of halogens is 1. The van der Waals surface area contributed by atoms with E-state index in [1.807, 2.05) is 0 Å². The van der Waals surface area contributed by atoms with Gasteiger partial charge < -0.3 is 5.32 Å². The fourth-order valence-corrected chi connectivity index (χ4v) is 3.46. The summed E-state index contributed by atoms with van der Waals surface area (Å²) < 4.78 is 1.14. The molecule has 20 heavy (non-hydrogen) atoms. The highest BCUT2D eigenvalue weighted by Crippen LogP contribution is 2.39. The number of aromatic nitrogens is 1. The van der Waals surface area contributed by atoms with E-state index >= 15 is 0 Å². The van der Waals surface area contributed by atoms with Crippen LogP contribution in [0.4, 0.5) is 0 Å². The molecule has 0 radical (unpaired) electrons. The van der Waals surface area contributed by atoms with Crippen molar-refractivity contribution in [3.05, 3.63) is 40.5 Å². The van der Waals surface area contributed by atoms with Crippen LogP contribution in [0.5, 0.6) is 0 Å². The van der Waals surface area contributed by atoms with Gasteiger partial charge in [0.1, 0.15) is 0 Å². The molecule has 3 heteroatoms. The van der Waals surface area contributed by atoms with E-state index in [9.17, 15) is 0 Å². The average Bonchev–Trinajstić information content (AvgIpc) is 2.40. The SMILES string of the molecule is CCCNC(c1nc2ccccc2cc1Br)C1CCC1. The van der Waals surface area contributed by atoms with E-state index in [2.05, 4.69) is 58.5 Å². The lowest BCUT2D eigenvalue weighted by Gasteiger charge is -2.34. The maximum absolute atomic E-state index is 4.92. The largest absolute Gasteiger partial charge is 0.308 e. The molecule has 1 aromatic carbocycles. The minimum Gasteiger partial charge on any atom is -0.308 e. The van der Waals surface area contributed by atoms with Gasteiger partial charge in [0.2, 0.25) is 0 Å². The van der Waals surface area contributed by atoms with Crippen LogP contribution in [0.15, 0.2) is 34.8 Å². The Morgan fingerprint density at radius 3 is 2.85 bits per heavy atom. The lowest BCUT2D eigenvalue weighted by molar-refractivity contribution is 0.227. The van der Waals surface area contributed by atoms with Crippen LogP contribution in [0, 0.1) is 5.92 Å². The molecule has 1 N–H and O–H groups in total. The van der Waals surface area contributed by atoms with Gasteiger partial charge in [0.25, 0.3) is 0 Å². The van der Waals surface area contributed by atoms with Crippen molar-refractivity contribution in [2.45, 2.75) is 38.6 Å². The summed E-state index contributed by atoms with van der Waals surface area (Å²) in [6.45, 7) is 3.27. The summed E-state index contributed by atoms with van der Waals surface area (Å²) in [5.41, 5.74) is 2.27. The van der Waals surface area contributed by atoms with Gasteiger partial charge in [-0.25, -0.2) is 4.98 Å². The van der Waals surface area contributed by atoms with Gasteiger partial charge in [-0.2, -0.15) is 0 Å². The smallest absolute Gasteiger partial charge is 0.0725 e. The number of para-hydroxylation sites is 1. The molecule has 1 aliphatic rings. The number of nitrogens with zero attached hydrogens (tertiary/aromatic N) is 1. The van der Waals surface area contributed by atoms with Crippen molar-refractivity contribution in [1.82, 2.24) is 10.3 Å². The van der Waals surface area contributed by atoms with E-state index in [1.165, 1.54) is 30.3 Å². The Kier molecular flexibility index (Phi) is 4.37. The Morgan fingerprint density at radius 2 is 2.15 bits per heavy atom. The number of nitrogens with one attached hydrogen (secondary N) is 1. The maximum atomic E-state index is 4.92. The van der Waals surface area contributed by atoms with Gasteiger partial charge in [0.15, 0.2) is 0 Å². The van der Waals surface area contributed by atoms with Crippen LogP contribution in [0.3, 0.4) is 0 Å². The monoisotopic (exact) mass is 332 g/mol. The fourth-order valence-electron chi connectivity index (χ4n) is 2.88. The molecule has 106 valence electrons. The fraction of sp³-hybridized carbons (Fsp3) is 0.471. The number of hydrogen-bond acceptors (Lipinski definition) is 2. The number of fused-ring (bicyclic) bond motifs is 1. The molecular weight excluding hydrogens is 312 g/mol. The zero-order valence-electron chi connectivity index (χ0n) is 11.9. The van der Waals surface area contributed by atoms with Crippen LogP contribution >= 0.6 is 15.9 Å². The Hall–Kier alpha value is -0.930. The van der Waals surface area contributed by atoms with Gasteiger partial charge >= 0.3 is 0 Å². The minimum atomic E-state index is 0.391. The third kappa shape index (κ3) is 2.75. The van der Waals surface area contributed by atoms with Crippen LogP contribution in [0.2, 0.25) is 0 Å². The molecule has 1 aliphatic carbocycles. The molecular formula is C17H21BrN2. The standard InChI is InChI=1S/C17H21BrN2/c1-2-10-19-16(12-7-5-8-12)17-14(18)11-13-6-3-4-9-15(13)20-17/h3-4,6,9,11-12,16,19H,2,5,7-8,10H2,1H3. The molecule has 1 saturated carbocycles. The third-order valence-corrected chi connectivity index (χ3v) is 4.87. The predicted octanol–water partition coefficient (Wildman–Crippen LogP) is 4.84. The molecule has 0 amide bonds. The van der Waals surface area contributed by atoms with Gasteiger partial charge in [-0.1, -0.05) is 31.5 Å². The van der Waals surface area contributed by atoms with Crippen molar-refractivity contribution in [3.8, 4) is 0 Å². The second-order valence-corrected chi connectivity index (χ2v) is 6.53. The molecule has 0 spiro atoms. The summed E-state index contributed by atoms with van der Waals surface area (Å²) in [5, 5.41) is 4.90. The zero-order valence-corrected chi connectivity index (χ0v) is 13.5. The maximum Gasteiger partial charge on any atom is 0.0725 e. The van der Waals surface area contributed by atoms with Crippen LogP contribution in [0.1, 0.15) is 44.3 Å². The normalized spacial score (nSPS) is 17.1. The molecule has 2 nitrogen and oxygen atoms in total. The van der Waals surface area contributed by atoms with Crippen molar-refractivity contribution in [2.24, 2.45) is 5.92 Å².